The van der Waals surface area contributed by atoms with Gasteiger partial charge in [-0.15, -0.1) is 0 Å². The average molecular weight is 526 g/mol. The third-order valence-corrected chi connectivity index (χ3v) is 6.62. The molecule has 7 heteroatoms. The van der Waals surface area contributed by atoms with E-state index in [1.165, 1.54) is 25.7 Å². The number of unbranched alkanes of at least 4 members (excludes halogenated alkanes) is 3. The minimum Gasteiger partial charge on any atom is -0.469 e. The maximum Gasteiger partial charge on any atom is 0.416 e. The zero-order chi connectivity index (χ0) is 27.5. The molecule has 3 aromatic carbocycles. The summed E-state index contributed by atoms with van der Waals surface area (Å²) in [7, 11) is 1.31. The number of hydrogen-bond donors (Lipinski definition) is 1. The minimum atomic E-state index is -4.35. The first-order chi connectivity index (χ1) is 18.2. The van der Waals surface area contributed by atoms with Crippen molar-refractivity contribution in [3.8, 4) is 11.1 Å². The van der Waals surface area contributed by atoms with Gasteiger partial charge in [-0.1, -0.05) is 81.1 Å². The monoisotopic (exact) mass is 525 g/mol. The van der Waals surface area contributed by atoms with Crippen LogP contribution in [0.5, 0.6) is 0 Å². The average Bonchev–Trinajstić information content (AvgIpc) is 2.93. The molecule has 0 heterocycles. The van der Waals surface area contributed by atoms with Gasteiger partial charge in [0.2, 0.25) is 0 Å². The summed E-state index contributed by atoms with van der Waals surface area (Å²) in [6.45, 7) is 2.38. The molecule has 202 valence electrons. The molecule has 4 nitrogen and oxygen atoms in total. The maximum absolute atomic E-state index is 12.9. The summed E-state index contributed by atoms with van der Waals surface area (Å²) in [6.07, 6.45) is 1.22. The Labute approximate surface area is 222 Å². The number of rotatable bonds is 12. The van der Waals surface area contributed by atoms with E-state index in [1.807, 2.05) is 36.4 Å². The standard InChI is InChI=1S/C31H34F3NO3/c1-3-4-5-6-7-28(25-12-14-26(15-13-25)30(37)35-21-20-29(36)38-2)24-10-8-22(9-11-24)23-16-18-27(19-17-23)31(32,33)34/h8-19,28H,3-7,20-21H2,1-2H3,(H,35,37). The van der Waals surface area contributed by atoms with E-state index in [0.717, 1.165) is 60.1 Å². The van der Waals surface area contributed by atoms with E-state index in [1.54, 1.807) is 12.1 Å². The molecule has 0 aliphatic carbocycles. The molecule has 0 aliphatic heterocycles. The van der Waals surface area contributed by atoms with E-state index in [4.69, 9.17) is 0 Å². The number of halogens is 3. The number of carbonyl (C=O) groups excluding carboxylic acids is 2. The molecule has 1 unspecified atom stereocenters. The number of carbonyl (C=O) groups is 2. The summed E-state index contributed by atoms with van der Waals surface area (Å²) in [6, 6.07) is 20.7. The zero-order valence-electron chi connectivity index (χ0n) is 21.8. The molecule has 1 N–H and O–H groups in total. The van der Waals surface area contributed by atoms with E-state index in [9.17, 15) is 22.8 Å². The summed E-state index contributed by atoms with van der Waals surface area (Å²) < 4.78 is 43.3. The Morgan fingerprint density at radius 1 is 0.816 bits per heavy atom. The highest BCUT2D eigenvalue weighted by Crippen LogP contribution is 2.34. The number of hydrogen-bond acceptors (Lipinski definition) is 3. The number of methoxy groups -OCH3 is 1. The SMILES string of the molecule is CCCCCCC(c1ccc(C(=O)NCCC(=O)OC)cc1)c1ccc(-c2ccc(C(F)(F)F)cc2)cc1. The topological polar surface area (TPSA) is 55.4 Å². The molecule has 0 aliphatic rings. The normalized spacial score (nSPS) is 12.1. The molecular formula is C31H34F3NO3. The lowest BCUT2D eigenvalue weighted by Crippen LogP contribution is -2.26. The molecule has 0 saturated carbocycles. The summed E-state index contributed by atoms with van der Waals surface area (Å²) in [5.74, 6) is -0.498. The smallest absolute Gasteiger partial charge is 0.416 e. The molecule has 0 spiro atoms. The zero-order valence-corrected chi connectivity index (χ0v) is 21.8. The Bertz CT molecular complexity index is 1170. The van der Waals surface area contributed by atoms with Gasteiger partial charge in [0.1, 0.15) is 0 Å². The van der Waals surface area contributed by atoms with Crippen molar-refractivity contribution >= 4 is 11.9 Å². The van der Waals surface area contributed by atoms with Crippen LogP contribution in [0.2, 0.25) is 0 Å². The van der Waals surface area contributed by atoms with Gasteiger partial charge >= 0.3 is 12.1 Å². The van der Waals surface area contributed by atoms with Crippen molar-refractivity contribution in [2.45, 2.75) is 57.5 Å². The van der Waals surface area contributed by atoms with Crippen molar-refractivity contribution < 1.29 is 27.5 Å². The van der Waals surface area contributed by atoms with Crippen LogP contribution in [0.1, 0.15) is 78.4 Å². The molecule has 0 saturated heterocycles. The first-order valence-electron chi connectivity index (χ1n) is 13.0. The largest absolute Gasteiger partial charge is 0.469 e. The van der Waals surface area contributed by atoms with Crippen LogP contribution in [0.3, 0.4) is 0 Å². The van der Waals surface area contributed by atoms with Crippen LogP contribution in [-0.4, -0.2) is 25.5 Å². The van der Waals surface area contributed by atoms with Gasteiger partial charge in [0.05, 0.1) is 19.1 Å². The molecule has 1 atom stereocenters. The lowest BCUT2D eigenvalue weighted by molar-refractivity contribution is -0.140. The first-order valence-corrected chi connectivity index (χ1v) is 13.0. The van der Waals surface area contributed by atoms with Crippen LogP contribution in [0.25, 0.3) is 11.1 Å². The number of ether oxygens (including phenoxy) is 1. The van der Waals surface area contributed by atoms with Gasteiger partial charge in [0, 0.05) is 18.0 Å². The van der Waals surface area contributed by atoms with Crippen molar-refractivity contribution in [1.29, 1.82) is 0 Å². The highest BCUT2D eigenvalue weighted by molar-refractivity contribution is 5.94. The van der Waals surface area contributed by atoms with Gasteiger partial charge in [-0.2, -0.15) is 13.2 Å². The summed E-state index contributed by atoms with van der Waals surface area (Å²) in [5.41, 5.74) is 3.65. The fourth-order valence-corrected chi connectivity index (χ4v) is 4.41. The Kier molecular flexibility index (Phi) is 10.5. The molecule has 3 rings (SSSR count). The number of esters is 1. The van der Waals surface area contributed by atoms with E-state index < -0.39 is 11.7 Å². The number of amides is 1. The van der Waals surface area contributed by atoms with Gasteiger partial charge in [0.15, 0.2) is 0 Å². The van der Waals surface area contributed by atoms with Gasteiger partial charge < -0.3 is 10.1 Å². The molecule has 0 fully saturated rings. The number of benzene rings is 3. The van der Waals surface area contributed by atoms with Crippen molar-refractivity contribution in [2.24, 2.45) is 0 Å². The van der Waals surface area contributed by atoms with Crippen LogP contribution in [-0.2, 0) is 15.7 Å². The van der Waals surface area contributed by atoms with Crippen molar-refractivity contribution in [2.75, 3.05) is 13.7 Å². The lowest BCUT2D eigenvalue weighted by Gasteiger charge is -2.19. The Balaban J connectivity index is 1.75. The van der Waals surface area contributed by atoms with Crippen molar-refractivity contribution in [1.82, 2.24) is 5.32 Å². The molecular weight excluding hydrogens is 491 g/mol. The van der Waals surface area contributed by atoms with Crippen LogP contribution < -0.4 is 5.32 Å². The highest BCUT2D eigenvalue weighted by Gasteiger charge is 2.30. The Hall–Kier alpha value is -3.61. The van der Waals surface area contributed by atoms with Crippen LogP contribution in [0.4, 0.5) is 13.2 Å². The van der Waals surface area contributed by atoms with Gasteiger partial charge in [0.25, 0.3) is 5.91 Å². The predicted octanol–water partition coefficient (Wildman–Crippen LogP) is 7.77. The summed E-state index contributed by atoms with van der Waals surface area (Å²) in [5, 5.41) is 2.72. The minimum absolute atomic E-state index is 0.114. The van der Waals surface area contributed by atoms with Crippen LogP contribution in [0, 0.1) is 0 Å². The second-order valence-electron chi connectivity index (χ2n) is 9.30. The fraction of sp³-hybridized carbons (Fsp3) is 0.355. The number of alkyl halides is 3. The van der Waals surface area contributed by atoms with E-state index >= 15 is 0 Å². The number of nitrogens with one attached hydrogen (secondary N) is 1. The molecule has 0 bridgehead atoms. The fourth-order valence-electron chi connectivity index (χ4n) is 4.41. The third-order valence-electron chi connectivity index (χ3n) is 6.62. The Morgan fingerprint density at radius 3 is 1.89 bits per heavy atom. The highest BCUT2D eigenvalue weighted by atomic mass is 19.4. The predicted molar refractivity (Wildman–Crippen MR) is 143 cm³/mol. The van der Waals surface area contributed by atoms with Crippen LogP contribution in [0.15, 0.2) is 72.8 Å². The second kappa shape index (κ2) is 13.8. The first kappa shape index (κ1) is 29.0. The summed E-state index contributed by atoms with van der Waals surface area (Å²) >= 11 is 0. The molecule has 1 amide bonds. The van der Waals surface area contributed by atoms with Crippen molar-refractivity contribution in [3.05, 3.63) is 95.1 Å². The maximum atomic E-state index is 12.9. The van der Waals surface area contributed by atoms with Crippen LogP contribution >= 0.6 is 0 Å². The van der Waals surface area contributed by atoms with Crippen molar-refractivity contribution in [3.63, 3.8) is 0 Å². The van der Waals surface area contributed by atoms with E-state index in [0.29, 0.717) is 5.56 Å². The Morgan fingerprint density at radius 2 is 1.37 bits per heavy atom. The second-order valence-corrected chi connectivity index (χ2v) is 9.30. The lowest BCUT2D eigenvalue weighted by atomic mass is 9.85. The molecule has 3 aromatic rings. The summed E-state index contributed by atoms with van der Waals surface area (Å²) in [4.78, 5) is 23.7. The third kappa shape index (κ3) is 8.20. The van der Waals surface area contributed by atoms with E-state index in [2.05, 4.69) is 17.0 Å². The quantitative estimate of drug-likeness (QED) is 0.194. The molecule has 0 aromatic heterocycles. The van der Waals surface area contributed by atoms with Gasteiger partial charge in [-0.3, -0.25) is 9.59 Å². The van der Waals surface area contributed by atoms with Gasteiger partial charge in [-0.05, 0) is 52.9 Å². The van der Waals surface area contributed by atoms with Gasteiger partial charge in [-0.25, -0.2) is 0 Å². The van der Waals surface area contributed by atoms with E-state index in [-0.39, 0.29) is 30.8 Å². The molecule has 0 radical (unpaired) electrons. The molecule has 38 heavy (non-hydrogen) atoms.